The molecule has 0 radical (unpaired) electrons. The number of aliphatic hydroxyl groups excluding tert-OH is 2. The highest BCUT2D eigenvalue weighted by Crippen LogP contribution is 2.34. The van der Waals surface area contributed by atoms with Gasteiger partial charge >= 0.3 is 5.97 Å². The van der Waals surface area contributed by atoms with Crippen molar-refractivity contribution in [2.45, 2.75) is 148 Å². The molecule has 0 aromatic rings. The number of hydrogen-bond acceptors (Lipinski definition) is 11. The van der Waals surface area contributed by atoms with Crippen molar-refractivity contribution >= 4 is 18.2 Å². The van der Waals surface area contributed by atoms with Gasteiger partial charge in [-0.05, 0) is 32.1 Å². The number of Topliss-reactive ketones (excluding diaryl/α,β-unsaturated/α-hetero) is 1. The standard InChI is InChI=1S/C45H75NO11/c1-28-16-19-35(48)24-36-14-13-15-37(56-36)25-39(52-9)32(5)40(53-10)26-41(54-11)33(6)45(57-42(50)21-17-28)34(7)43(51)29(2)18-20-38(49)31(4)44(55-12)30(3)22-23-46(8)27-47/h13-14,16-17,21-23,27,29-37,39-41,43-45,48,51H,15,18-20,24-26H2,1-12H3/b21-17+,23-22+,28-16+/t29-,30+,31-,32+,33-,34-,35?,36?,37-,39-,40?,41+,43?,44+,45?/m0/s1. The SMILES string of the molecule is COC1C[C@@H](OC)[C@H](C)C([C@@H](C)C(O)[C@@H](C)CCC(=O)[C@H](C)[C@H](OC)[C@H](C)/C=C/N(C)C=O)OC(=O)/C=C/C(C)=C/CC(O)CC2C=CC[C@@H](C[C@H](OC)[C@H]1C)O2. The van der Waals surface area contributed by atoms with E-state index in [1.54, 1.807) is 47.8 Å². The summed E-state index contributed by atoms with van der Waals surface area (Å²) in [5, 5.41) is 22.7. The summed E-state index contributed by atoms with van der Waals surface area (Å²) in [6.45, 7) is 13.5. The molecule has 5 unspecified atom stereocenters. The monoisotopic (exact) mass is 806 g/mol. The van der Waals surface area contributed by atoms with Crippen molar-refractivity contribution in [1.29, 1.82) is 0 Å². The molecule has 326 valence electrons. The van der Waals surface area contributed by atoms with Crippen LogP contribution in [0.15, 0.2) is 48.2 Å². The Hall–Kier alpha value is -2.71. The number of carbonyl (C=O) groups excluding carboxylic acids is 3. The molecule has 15 atom stereocenters. The number of nitrogens with zero attached hydrogens (tertiary/aromatic N) is 1. The van der Waals surface area contributed by atoms with Gasteiger partial charge in [-0.2, -0.15) is 0 Å². The molecule has 0 fully saturated rings. The molecule has 0 aromatic carbocycles. The second-order valence-electron chi connectivity index (χ2n) is 16.6. The Labute approximate surface area is 343 Å². The number of esters is 1. The normalized spacial score (nSPS) is 33.1. The quantitative estimate of drug-likeness (QED) is 0.104. The average molecular weight is 806 g/mol. The zero-order valence-electron chi connectivity index (χ0n) is 36.7. The first-order valence-corrected chi connectivity index (χ1v) is 20.7. The lowest BCUT2D eigenvalue weighted by Gasteiger charge is -2.39. The molecule has 2 aliphatic rings. The van der Waals surface area contributed by atoms with Crippen LogP contribution in [0.5, 0.6) is 0 Å². The molecular formula is C45H75NO11. The van der Waals surface area contributed by atoms with Crippen molar-refractivity contribution in [2.24, 2.45) is 35.5 Å². The van der Waals surface area contributed by atoms with Crippen LogP contribution in [0.1, 0.15) is 93.4 Å². The van der Waals surface area contributed by atoms with Crippen LogP contribution < -0.4 is 0 Å². The van der Waals surface area contributed by atoms with E-state index in [0.29, 0.717) is 38.5 Å². The number of aliphatic hydroxyl groups is 2. The van der Waals surface area contributed by atoms with Crippen LogP contribution in [0, 0.1) is 35.5 Å². The van der Waals surface area contributed by atoms with Gasteiger partial charge in [0, 0.05) is 103 Å². The molecule has 2 aliphatic heterocycles. The largest absolute Gasteiger partial charge is 0.458 e. The molecule has 2 bridgehead atoms. The van der Waals surface area contributed by atoms with Crippen LogP contribution in [0.4, 0.5) is 0 Å². The predicted octanol–water partition coefficient (Wildman–Crippen LogP) is 6.24. The van der Waals surface area contributed by atoms with Gasteiger partial charge in [0.2, 0.25) is 6.41 Å². The van der Waals surface area contributed by atoms with Crippen molar-refractivity contribution in [3.63, 3.8) is 0 Å². The fraction of sp³-hybridized carbons (Fsp3) is 0.756. The third kappa shape index (κ3) is 16.1. The summed E-state index contributed by atoms with van der Waals surface area (Å²) in [6, 6.07) is 0. The highest BCUT2D eigenvalue weighted by atomic mass is 16.5. The molecule has 2 N–H and O–H groups in total. The Morgan fingerprint density at radius 2 is 1.60 bits per heavy atom. The minimum atomic E-state index is -0.911. The summed E-state index contributed by atoms with van der Waals surface area (Å²) in [5.41, 5.74) is 0.799. The van der Waals surface area contributed by atoms with Crippen LogP contribution in [-0.2, 0) is 42.8 Å². The number of amides is 1. The molecular weight excluding hydrogens is 730 g/mol. The highest BCUT2D eigenvalue weighted by Gasteiger charge is 2.40. The Morgan fingerprint density at radius 3 is 2.21 bits per heavy atom. The lowest BCUT2D eigenvalue weighted by molar-refractivity contribution is -0.159. The summed E-state index contributed by atoms with van der Waals surface area (Å²) in [6.07, 6.45) is 12.8. The van der Waals surface area contributed by atoms with Crippen LogP contribution in [0.3, 0.4) is 0 Å². The van der Waals surface area contributed by atoms with Gasteiger partial charge in [-0.1, -0.05) is 77.5 Å². The topological polar surface area (TPSA) is 150 Å². The number of allylic oxidation sites excluding steroid dienone is 2. The summed E-state index contributed by atoms with van der Waals surface area (Å²) in [5.74, 6) is -2.33. The maximum absolute atomic E-state index is 13.5. The first-order chi connectivity index (χ1) is 27.0. The number of ether oxygens (including phenoxy) is 6. The van der Waals surface area contributed by atoms with E-state index in [1.165, 1.54) is 11.0 Å². The van der Waals surface area contributed by atoms with Gasteiger partial charge in [-0.3, -0.25) is 9.59 Å². The summed E-state index contributed by atoms with van der Waals surface area (Å²) in [4.78, 5) is 39.3. The third-order valence-electron chi connectivity index (χ3n) is 12.3. The van der Waals surface area contributed by atoms with E-state index in [2.05, 4.69) is 13.0 Å². The van der Waals surface area contributed by atoms with E-state index in [9.17, 15) is 24.6 Å². The number of carbonyl (C=O) groups is 3. The Morgan fingerprint density at radius 1 is 0.965 bits per heavy atom. The van der Waals surface area contributed by atoms with Crippen molar-refractivity contribution in [2.75, 3.05) is 35.5 Å². The van der Waals surface area contributed by atoms with Gasteiger partial charge in [-0.15, -0.1) is 0 Å². The number of methoxy groups -OCH3 is 4. The summed E-state index contributed by atoms with van der Waals surface area (Å²) >= 11 is 0. The minimum absolute atomic E-state index is 0.0147. The van der Waals surface area contributed by atoms with Gasteiger partial charge in [0.05, 0.1) is 48.8 Å². The second-order valence-corrected chi connectivity index (χ2v) is 16.6. The Balaban J connectivity index is 2.36. The van der Waals surface area contributed by atoms with E-state index in [4.69, 9.17) is 28.4 Å². The van der Waals surface area contributed by atoms with Crippen molar-refractivity contribution < 1.29 is 53.0 Å². The number of fused-ring (bicyclic) bond motifs is 2. The van der Waals surface area contributed by atoms with Crippen LogP contribution in [-0.4, -0.2) is 124 Å². The first kappa shape index (κ1) is 50.4. The van der Waals surface area contributed by atoms with Crippen molar-refractivity contribution in [3.8, 4) is 0 Å². The predicted molar refractivity (Wildman–Crippen MR) is 221 cm³/mol. The molecule has 0 aromatic heterocycles. The smallest absolute Gasteiger partial charge is 0.331 e. The molecule has 12 nitrogen and oxygen atoms in total. The second kappa shape index (κ2) is 25.7. The van der Waals surface area contributed by atoms with Gasteiger partial charge in [0.25, 0.3) is 0 Å². The molecule has 2 heterocycles. The first-order valence-electron chi connectivity index (χ1n) is 20.7. The summed E-state index contributed by atoms with van der Waals surface area (Å²) in [7, 11) is 8.22. The lowest BCUT2D eigenvalue weighted by atomic mass is 9.78. The molecule has 0 aliphatic carbocycles. The number of hydrogen-bond donors (Lipinski definition) is 2. The molecule has 1 amide bonds. The number of ketones is 1. The molecule has 12 heteroatoms. The highest BCUT2D eigenvalue weighted by molar-refractivity contribution is 5.82. The van der Waals surface area contributed by atoms with Gasteiger partial charge in [-0.25, -0.2) is 4.79 Å². The van der Waals surface area contributed by atoms with Gasteiger partial charge in [0.15, 0.2) is 0 Å². The maximum atomic E-state index is 13.5. The lowest BCUT2D eigenvalue weighted by Crippen LogP contribution is -2.46. The van der Waals surface area contributed by atoms with Crippen molar-refractivity contribution in [1.82, 2.24) is 4.90 Å². The van der Waals surface area contributed by atoms with Gasteiger partial charge < -0.3 is 43.5 Å². The third-order valence-corrected chi connectivity index (χ3v) is 12.3. The fourth-order valence-electron chi connectivity index (χ4n) is 8.31. The molecule has 57 heavy (non-hydrogen) atoms. The van der Waals surface area contributed by atoms with E-state index in [0.717, 1.165) is 12.0 Å². The van der Waals surface area contributed by atoms with E-state index in [-0.39, 0.29) is 66.4 Å². The van der Waals surface area contributed by atoms with Crippen LogP contribution >= 0.6 is 0 Å². The number of cyclic esters (lactones) is 1. The van der Waals surface area contributed by atoms with Crippen molar-refractivity contribution in [3.05, 3.63) is 48.2 Å². The van der Waals surface area contributed by atoms with E-state index in [1.807, 2.05) is 59.8 Å². The van der Waals surface area contributed by atoms with E-state index >= 15 is 0 Å². The number of rotatable bonds is 16. The molecule has 0 spiro atoms. The van der Waals surface area contributed by atoms with Gasteiger partial charge in [0.1, 0.15) is 11.9 Å². The molecule has 0 saturated heterocycles. The van der Waals surface area contributed by atoms with Crippen LogP contribution in [0.2, 0.25) is 0 Å². The fourth-order valence-corrected chi connectivity index (χ4v) is 8.31. The average Bonchev–Trinajstić information content (AvgIpc) is 3.20. The Kier molecular flexibility index (Phi) is 22.7. The molecule has 0 saturated carbocycles. The zero-order valence-corrected chi connectivity index (χ0v) is 36.7. The van der Waals surface area contributed by atoms with Crippen LogP contribution in [0.25, 0.3) is 0 Å². The zero-order chi connectivity index (χ0) is 42.8. The summed E-state index contributed by atoms with van der Waals surface area (Å²) < 4.78 is 36.5. The minimum Gasteiger partial charge on any atom is -0.458 e. The Bertz CT molecular complexity index is 1330. The maximum Gasteiger partial charge on any atom is 0.331 e. The molecule has 2 rings (SSSR count). The van der Waals surface area contributed by atoms with E-state index < -0.39 is 42.2 Å².